The van der Waals surface area contributed by atoms with Crippen LogP contribution in [0.2, 0.25) is 0 Å². The van der Waals surface area contributed by atoms with Gasteiger partial charge in [0.05, 0.1) is 6.61 Å². The van der Waals surface area contributed by atoms with Crippen LogP contribution < -0.4 is 10.6 Å². The second-order valence-corrected chi connectivity index (χ2v) is 5.11. The summed E-state index contributed by atoms with van der Waals surface area (Å²) in [5, 5.41) is 2.07. The average molecular weight is 262 g/mol. The van der Waals surface area contributed by atoms with Crippen molar-refractivity contribution in [2.45, 2.75) is 0 Å². The number of nitrogen functional groups attached to an aromatic ring is 1. The van der Waals surface area contributed by atoms with Crippen molar-refractivity contribution in [3.63, 3.8) is 0 Å². The van der Waals surface area contributed by atoms with Gasteiger partial charge in [0.15, 0.2) is 0 Å². The van der Waals surface area contributed by atoms with E-state index in [-0.39, 0.29) is 0 Å². The topological polar surface area (TPSA) is 38.5 Å². The standard InChI is InChI=1S/C14H18N2OS/c1-16(7-8-17-2)11-5-6-13(15)12(10-11)14-4-3-9-18-14/h3-6,9-10H,7-8,15H2,1-2H3. The van der Waals surface area contributed by atoms with Crippen LogP contribution in [0.5, 0.6) is 0 Å². The van der Waals surface area contributed by atoms with Gasteiger partial charge < -0.3 is 15.4 Å². The number of anilines is 2. The molecule has 0 amide bonds. The third-order valence-corrected chi connectivity index (χ3v) is 3.80. The molecule has 0 radical (unpaired) electrons. The van der Waals surface area contributed by atoms with E-state index in [4.69, 9.17) is 10.5 Å². The number of rotatable bonds is 5. The lowest BCUT2D eigenvalue weighted by Crippen LogP contribution is -2.22. The first kappa shape index (κ1) is 12.9. The number of nitrogens with two attached hydrogens (primary N) is 1. The lowest BCUT2D eigenvalue weighted by Gasteiger charge is -2.20. The minimum absolute atomic E-state index is 0.717. The lowest BCUT2D eigenvalue weighted by molar-refractivity contribution is 0.206. The first-order chi connectivity index (χ1) is 8.72. The fraction of sp³-hybridized carbons (Fsp3) is 0.286. The summed E-state index contributed by atoms with van der Waals surface area (Å²) < 4.78 is 5.10. The van der Waals surface area contributed by atoms with Gasteiger partial charge in [-0.1, -0.05) is 6.07 Å². The second kappa shape index (κ2) is 5.89. The fourth-order valence-corrected chi connectivity index (χ4v) is 2.55. The number of nitrogens with zero attached hydrogens (tertiary/aromatic N) is 1. The molecule has 0 saturated heterocycles. The van der Waals surface area contributed by atoms with Gasteiger partial charge in [-0.15, -0.1) is 11.3 Å². The highest BCUT2D eigenvalue weighted by Gasteiger charge is 2.07. The molecule has 1 aromatic heterocycles. The lowest BCUT2D eigenvalue weighted by atomic mass is 10.1. The molecule has 0 spiro atoms. The highest BCUT2D eigenvalue weighted by atomic mass is 32.1. The number of methoxy groups -OCH3 is 1. The van der Waals surface area contributed by atoms with Crippen molar-refractivity contribution < 1.29 is 4.74 Å². The molecular formula is C14H18N2OS. The van der Waals surface area contributed by atoms with Gasteiger partial charge in [0.1, 0.15) is 0 Å². The van der Waals surface area contributed by atoms with Crippen LogP contribution in [-0.4, -0.2) is 27.3 Å². The van der Waals surface area contributed by atoms with E-state index < -0.39 is 0 Å². The molecule has 0 aliphatic rings. The van der Waals surface area contributed by atoms with E-state index in [1.807, 2.05) is 18.2 Å². The Balaban J connectivity index is 2.26. The SMILES string of the molecule is COCCN(C)c1ccc(N)c(-c2cccs2)c1. The molecule has 2 aromatic rings. The van der Waals surface area contributed by atoms with Gasteiger partial charge >= 0.3 is 0 Å². The fourth-order valence-electron chi connectivity index (χ4n) is 1.78. The predicted molar refractivity (Wildman–Crippen MR) is 79.3 cm³/mol. The zero-order chi connectivity index (χ0) is 13.0. The van der Waals surface area contributed by atoms with Crippen molar-refractivity contribution in [2.75, 3.05) is 37.9 Å². The molecule has 4 heteroatoms. The second-order valence-electron chi connectivity index (χ2n) is 4.16. The number of ether oxygens (including phenoxy) is 1. The van der Waals surface area contributed by atoms with E-state index in [0.717, 1.165) is 30.1 Å². The number of hydrogen-bond acceptors (Lipinski definition) is 4. The van der Waals surface area contributed by atoms with Crippen molar-refractivity contribution in [1.29, 1.82) is 0 Å². The average Bonchev–Trinajstić information content (AvgIpc) is 2.90. The summed E-state index contributed by atoms with van der Waals surface area (Å²) in [6, 6.07) is 10.3. The highest BCUT2D eigenvalue weighted by Crippen LogP contribution is 2.32. The molecule has 2 N–H and O–H groups in total. The summed E-state index contributed by atoms with van der Waals surface area (Å²) >= 11 is 1.71. The normalized spacial score (nSPS) is 10.6. The van der Waals surface area contributed by atoms with Crippen molar-refractivity contribution in [1.82, 2.24) is 0 Å². The Labute approximate surface area is 112 Å². The Morgan fingerprint density at radius 1 is 1.33 bits per heavy atom. The molecular weight excluding hydrogens is 244 g/mol. The Morgan fingerprint density at radius 3 is 2.83 bits per heavy atom. The summed E-state index contributed by atoms with van der Waals surface area (Å²) in [6.45, 7) is 1.58. The molecule has 0 aliphatic heterocycles. The van der Waals surface area contributed by atoms with Crippen LogP contribution in [0.1, 0.15) is 0 Å². The van der Waals surface area contributed by atoms with E-state index in [1.54, 1.807) is 18.4 Å². The summed E-state index contributed by atoms with van der Waals surface area (Å²) in [5.41, 5.74) is 9.13. The third kappa shape index (κ3) is 2.83. The Hall–Kier alpha value is -1.52. The minimum atomic E-state index is 0.717. The van der Waals surface area contributed by atoms with E-state index in [1.165, 1.54) is 4.88 Å². The van der Waals surface area contributed by atoms with Gasteiger partial charge in [0, 0.05) is 42.5 Å². The maximum atomic E-state index is 6.04. The number of likely N-dealkylation sites (N-methyl/N-ethyl adjacent to an activating group) is 1. The van der Waals surface area contributed by atoms with Crippen LogP contribution in [0.3, 0.4) is 0 Å². The van der Waals surface area contributed by atoms with Gasteiger partial charge in [0.2, 0.25) is 0 Å². The van der Waals surface area contributed by atoms with Crippen LogP contribution in [0.15, 0.2) is 35.7 Å². The van der Waals surface area contributed by atoms with Crippen LogP contribution in [0, 0.1) is 0 Å². The van der Waals surface area contributed by atoms with E-state index in [0.29, 0.717) is 0 Å². The summed E-state index contributed by atoms with van der Waals surface area (Å²) in [6.07, 6.45) is 0. The Morgan fingerprint density at radius 2 is 2.17 bits per heavy atom. The van der Waals surface area contributed by atoms with Crippen molar-refractivity contribution in [2.24, 2.45) is 0 Å². The van der Waals surface area contributed by atoms with Crippen LogP contribution in [-0.2, 0) is 4.74 Å². The maximum Gasteiger partial charge on any atom is 0.0637 e. The zero-order valence-corrected chi connectivity index (χ0v) is 11.5. The quantitative estimate of drug-likeness (QED) is 0.842. The zero-order valence-electron chi connectivity index (χ0n) is 10.7. The third-order valence-electron chi connectivity index (χ3n) is 2.90. The molecule has 0 fully saturated rings. The van der Waals surface area contributed by atoms with Crippen molar-refractivity contribution in [3.05, 3.63) is 35.7 Å². The number of benzene rings is 1. The first-order valence-electron chi connectivity index (χ1n) is 5.86. The Kier molecular flexibility index (Phi) is 4.23. The van der Waals surface area contributed by atoms with Gasteiger partial charge in [-0.05, 0) is 29.6 Å². The van der Waals surface area contributed by atoms with E-state index >= 15 is 0 Å². The van der Waals surface area contributed by atoms with Crippen molar-refractivity contribution >= 4 is 22.7 Å². The van der Waals surface area contributed by atoms with E-state index in [2.05, 4.69) is 29.5 Å². The van der Waals surface area contributed by atoms with Gasteiger partial charge in [-0.3, -0.25) is 0 Å². The summed E-state index contributed by atoms with van der Waals surface area (Å²) in [4.78, 5) is 3.37. The van der Waals surface area contributed by atoms with Crippen molar-refractivity contribution in [3.8, 4) is 10.4 Å². The summed E-state index contributed by atoms with van der Waals surface area (Å²) in [7, 11) is 3.77. The largest absolute Gasteiger partial charge is 0.398 e. The molecule has 0 aliphatic carbocycles. The molecule has 1 heterocycles. The van der Waals surface area contributed by atoms with Crippen LogP contribution >= 0.6 is 11.3 Å². The smallest absolute Gasteiger partial charge is 0.0637 e. The molecule has 0 unspecified atom stereocenters. The predicted octanol–water partition coefficient (Wildman–Crippen LogP) is 3.08. The van der Waals surface area contributed by atoms with Crippen LogP contribution in [0.4, 0.5) is 11.4 Å². The highest BCUT2D eigenvalue weighted by molar-refractivity contribution is 7.13. The molecule has 0 bridgehead atoms. The molecule has 1 aromatic carbocycles. The molecule has 18 heavy (non-hydrogen) atoms. The molecule has 0 saturated carbocycles. The first-order valence-corrected chi connectivity index (χ1v) is 6.74. The number of thiophene rings is 1. The van der Waals surface area contributed by atoms with Gasteiger partial charge in [-0.2, -0.15) is 0 Å². The molecule has 3 nitrogen and oxygen atoms in total. The maximum absolute atomic E-state index is 6.04. The van der Waals surface area contributed by atoms with Gasteiger partial charge in [-0.25, -0.2) is 0 Å². The minimum Gasteiger partial charge on any atom is -0.398 e. The molecule has 96 valence electrons. The summed E-state index contributed by atoms with van der Waals surface area (Å²) in [5.74, 6) is 0. The monoisotopic (exact) mass is 262 g/mol. The molecule has 2 rings (SSSR count). The van der Waals surface area contributed by atoms with E-state index in [9.17, 15) is 0 Å². The Bertz CT molecular complexity index is 497. The van der Waals surface area contributed by atoms with Crippen LogP contribution in [0.25, 0.3) is 10.4 Å². The molecule has 0 atom stereocenters. The number of hydrogen-bond donors (Lipinski definition) is 1. The van der Waals surface area contributed by atoms with Gasteiger partial charge in [0.25, 0.3) is 0 Å².